The van der Waals surface area contributed by atoms with Gasteiger partial charge in [-0.1, -0.05) is 133 Å². The van der Waals surface area contributed by atoms with Crippen LogP contribution in [-0.4, -0.2) is 4.98 Å². The molecule has 0 amide bonds. The molecule has 0 aliphatic heterocycles. The van der Waals surface area contributed by atoms with Crippen LogP contribution in [0.25, 0.3) is 42.2 Å². The molecule has 0 radical (unpaired) electrons. The minimum atomic E-state index is 1.03. The quantitative estimate of drug-likeness (QED) is 0.172. The highest BCUT2D eigenvalue weighted by molar-refractivity contribution is 7.26. The van der Waals surface area contributed by atoms with E-state index in [2.05, 4.69) is 192 Å². The molecular formula is C45H31N3S. The first-order chi connectivity index (χ1) is 24.3. The monoisotopic (exact) mass is 645 g/mol. The van der Waals surface area contributed by atoms with Gasteiger partial charge in [-0.25, -0.2) is 4.98 Å². The summed E-state index contributed by atoms with van der Waals surface area (Å²) in [4.78, 5) is 10.9. The molecule has 0 aliphatic carbocycles. The number of nitrogens with zero attached hydrogens (tertiary/aromatic N) is 3. The predicted molar refractivity (Wildman–Crippen MR) is 209 cm³/mol. The Labute approximate surface area is 289 Å². The Kier molecular flexibility index (Phi) is 7.34. The highest BCUT2D eigenvalue weighted by Crippen LogP contribution is 2.53. The summed E-state index contributed by atoms with van der Waals surface area (Å²) in [5, 5.41) is 4.75. The molecule has 0 saturated heterocycles. The molecule has 0 fully saturated rings. The number of hydrogen-bond acceptors (Lipinski definition) is 4. The maximum atomic E-state index is 5.03. The summed E-state index contributed by atoms with van der Waals surface area (Å²) in [7, 11) is 0. The van der Waals surface area contributed by atoms with Crippen molar-refractivity contribution < 1.29 is 0 Å². The Bertz CT molecular complexity index is 2510. The summed E-state index contributed by atoms with van der Waals surface area (Å²) >= 11 is 1.76. The van der Waals surface area contributed by atoms with Crippen LogP contribution in [0.1, 0.15) is 0 Å². The predicted octanol–water partition coefficient (Wildman–Crippen LogP) is 13.2. The third-order valence-electron chi connectivity index (χ3n) is 9.08. The zero-order valence-corrected chi connectivity index (χ0v) is 27.5. The highest BCUT2D eigenvalue weighted by atomic mass is 32.1. The number of rotatable bonds is 7. The van der Waals surface area contributed by atoms with Crippen molar-refractivity contribution in [3.8, 4) is 11.1 Å². The van der Waals surface area contributed by atoms with E-state index >= 15 is 0 Å². The normalized spacial score (nSPS) is 11.3. The van der Waals surface area contributed by atoms with Gasteiger partial charge in [0.15, 0.2) is 0 Å². The Morgan fingerprint density at radius 2 is 0.980 bits per heavy atom. The van der Waals surface area contributed by atoms with Crippen LogP contribution in [0, 0.1) is 0 Å². The molecule has 0 unspecified atom stereocenters. The second kappa shape index (κ2) is 12.4. The zero-order chi connectivity index (χ0) is 32.6. The Morgan fingerprint density at radius 3 is 1.65 bits per heavy atom. The van der Waals surface area contributed by atoms with Crippen molar-refractivity contribution >= 4 is 76.5 Å². The number of benzene rings is 7. The van der Waals surface area contributed by atoms with Crippen LogP contribution >= 0.6 is 11.3 Å². The van der Waals surface area contributed by atoms with E-state index in [1.807, 2.05) is 6.20 Å². The lowest BCUT2D eigenvalue weighted by Gasteiger charge is -2.34. The Hall–Kier alpha value is -6.23. The molecule has 232 valence electrons. The molecule has 0 bridgehead atoms. The molecule has 2 aromatic heterocycles. The van der Waals surface area contributed by atoms with Crippen molar-refractivity contribution in [1.82, 2.24) is 4.98 Å². The average molecular weight is 646 g/mol. The molecule has 0 atom stereocenters. The number of fused-ring (bicyclic) bond motifs is 5. The molecule has 7 aromatic carbocycles. The minimum Gasteiger partial charge on any atom is -0.308 e. The maximum absolute atomic E-state index is 5.03. The fourth-order valence-corrected chi connectivity index (χ4v) is 8.11. The van der Waals surface area contributed by atoms with E-state index < -0.39 is 0 Å². The summed E-state index contributed by atoms with van der Waals surface area (Å²) in [6.45, 7) is 0. The van der Waals surface area contributed by atoms with E-state index in [1.54, 1.807) is 11.3 Å². The van der Waals surface area contributed by atoms with Crippen molar-refractivity contribution in [2.75, 3.05) is 9.80 Å². The van der Waals surface area contributed by atoms with Gasteiger partial charge in [-0.3, -0.25) is 0 Å². The molecule has 9 aromatic rings. The fraction of sp³-hybridized carbons (Fsp3) is 0. The molecule has 0 spiro atoms. The molecule has 0 saturated carbocycles. The SMILES string of the molecule is c1ccc(-c2ccccc2N(c2ccccc2)c2c(N(c3ccccc3)c3ccccc3)ccc3c2sc2ncc4ccccc4c23)cc1. The highest BCUT2D eigenvalue weighted by Gasteiger charge is 2.28. The van der Waals surface area contributed by atoms with Gasteiger partial charge in [0.05, 0.1) is 21.8 Å². The van der Waals surface area contributed by atoms with Gasteiger partial charge in [0.1, 0.15) is 4.83 Å². The van der Waals surface area contributed by atoms with E-state index in [4.69, 9.17) is 4.98 Å². The number of para-hydroxylation sites is 4. The smallest absolute Gasteiger partial charge is 0.125 e. The van der Waals surface area contributed by atoms with Crippen molar-refractivity contribution in [1.29, 1.82) is 0 Å². The standard InChI is InChI=1S/C45H31N3S/c1-5-17-32(18-6-1)37-26-15-16-28-40(37)48(36-24-11-4-12-25-36)43-41(47(34-20-7-2-8-21-34)35-22-9-3-10-23-35)30-29-39-42-38-27-14-13-19-33(38)31-46-45(42)49-44(39)43/h1-31H. The minimum absolute atomic E-state index is 1.03. The first-order valence-corrected chi connectivity index (χ1v) is 17.3. The van der Waals surface area contributed by atoms with Crippen LogP contribution in [0.4, 0.5) is 34.1 Å². The van der Waals surface area contributed by atoms with Gasteiger partial charge in [0, 0.05) is 45.0 Å². The van der Waals surface area contributed by atoms with Gasteiger partial charge in [-0.15, -0.1) is 11.3 Å². The van der Waals surface area contributed by atoms with Crippen LogP contribution in [0.2, 0.25) is 0 Å². The van der Waals surface area contributed by atoms with Gasteiger partial charge < -0.3 is 9.80 Å². The first kappa shape index (κ1) is 29.0. The molecule has 9 rings (SSSR count). The first-order valence-electron chi connectivity index (χ1n) is 16.5. The third-order valence-corrected chi connectivity index (χ3v) is 10.2. The summed E-state index contributed by atoms with van der Waals surface area (Å²) in [6, 6.07) is 64.7. The van der Waals surface area contributed by atoms with Crippen molar-refractivity contribution in [2.24, 2.45) is 0 Å². The van der Waals surface area contributed by atoms with Gasteiger partial charge >= 0.3 is 0 Å². The summed E-state index contributed by atoms with van der Waals surface area (Å²) < 4.78 is 1.18. The van der Waals surface area contributed by atoms with Gasteiger partial charge in [-0.2, -0.15) is 0 Å². The van der Waals surface area contributed by atoms with E-state index in [0.29, 0.717) is 0 Å². The van der Waals surface area contributed by atoms with Crippen LogP contribution in [0.5, 0.6) is 0 Å². The van der Waals surface area contributed by atoms with Crippen LogP contribution in [-0.2, 0) is 0 Å². The topological polar surface area (TPSA) is 19.4 Å². The number of pyridine rings is 1. The number of aromatic nitrogens is 1. The molecule has 3 nitrogen and oxygen atoms in total. The summed E-state index contributed by atoms with van der Waals surface area (Å²) in [5.41, 5.74) is 8.86. The van der Waals surface area contributed by atoms with Crippen molar-refractivity contribution in [2.45, 2.75) is 0 Å². The molecule has 0 N–H and O–H groups in total. The fourth-order valence-electron chi connectivity index (χ4n) is 6.91. The number of hydrogen-bond donors (Lipinski definition) is 0. The van der Waals surface area contributed by atoms with Gasteiger partial charge in [0.2, 0.25) is 0 Å². The van der Waals surface area contributed by atoms with Crippen LogP contribution in [0.15, 0.2) is 188 Å². The lowest BCUT2D eigenvalue weighted by atomic mass is 10.0. The molecule has 2 heterocycles. The average Bonchev–Trinajstić information content (AvgIpc) is 3.57. The van der Waals surface area contributed by atoms with E-state index in [-0.39, 0.29) is 0 Å². The van der Waals surface area contributed by atoms with E-state index in [1.165, 1.54) is 26.4 Å². The summed E-state index contributed by atoms with van der Waals surface area (Å²) in [5.74, 6) is 0. The summed E-state index contributed by atoms with van der Waals surface area (Å²) in [6.07, 6.45) is 2.01. The Balaban J connectivity index is 1.45. The molecule has 4 heteroatoms. The van der Waals surface area contributed by atoms with Crippen LogP contribution < -0.4 is 9.80 Å². The molecule has 0 aliphatic rings. The molecular weight excluding hydrogens is 615 g/mol. The van der Waals surface area contributed by atoms with Gasteiger partial charge in [-0.05, 0) is 59.5 Å². The molecule has 49 heavy (non-hydrogen) atoms. The lowest BCUT2D eigenvalue weighted by Crippen LogP contribution is -2.17. The Morgan fingerprint density at radius 1 is 0.429 bits per heavy atom. The van der Waals surface area contributed by atoms with E-state index in [0.717, 1.165) is 49.9 Å². The van der Waals surface area contributed by atoms with Crippen LogP contribution in [0.3, 0.4) is 0 Å². The third kappa shape index (κ3) is 5.10. The maximum Gasteiger partial charge on any atom is 0.125 e. The second-order valence-electron chi connectivity index (χ2n) is 12.0. The van der Waals surface area contributed by atoms with Crippen molar-refractivity contribution in [3.63, 3.8) is 0 Å². The van der Waals surface area contributed by atoms with E-state index in [9.17, 15) is 0 Å². The van der Waals surface area contributed by atoms with Crippen molar-refractivity contribution in [3.05, 3.63) is 188 Å². The number of anilines is 6. The lowest BCUT2D eigenvalue weighted by molar-refractivity contribution is 1.24. The second-order valence-corrected chi connectivity index (χ2v) is 13.0. The zero-order valence-electron chi connectivity index (χ0n) is 26.6. The van der Waals surface area contributed by atoms with Gasteiger partial charge in [0.25, 0.3) is 0 Å². The largest absolute Gasteiger partial charge is 0.308 e. The number of thiophene rings is 1.